The number of rotatable bonds is 1. The first kappa shape index (κ1) is 13.6. The lowest BCUT2D eigenvalue weighted by Crippen LogP contribution is -1.97. The highest BCUT2D eigenvalue weighted by Crippen LogP contribution is 2.32. The zero-order chi connectivity index (χ0) is 14.4. The third-order valence-electron chi connectivity index (χ3n) is 3.12. The minimum absolute atomic E-state index is 0.286. The van der Waals surface area contributed by atoms with Gasteiger partial charge in [0.1, 0.15) is 5.82 Å². The van der Waals surface area contributed by atoms with E-state index in [1.165, 1.54) is 6.07 Å². The van der Waals surface area contributed by atoms with E-state index in [-0.39, 0.29) is 5.82 Å². The van der Waals surface area contributed by atoms with Crippen LogP contribution in [0.5, 0.6) is 0 Å². The Labute approximate surface area is 129 Å². The van der Waals surface area contributed by atoms with Gasteiger partial charge in [-0.1, -0.05) is 29.3 Å². The number of fused-ring (bicyclic) bond motifs is 1. The van der Waals surface area contributed by atoms with Crippen LogP contribution in [0.3, 0.4) is 0 Å². The first-order chi connectivity index (χ1) is 9.49. The minimum atomic E-state index is -0.286. The van der Waals surface area contributed by atoms with Crippen molar-refractivity contribution in [2.45, 2.75) is 6.92 Å². The summed E-state index contributed by atoms with van der Waals surface area (Å²) in [4.78, 5) is 2.97. The average Bonchev–Trinajstić information content (AvgIpc) is 2.67. The smallest absolute Gasteiger partial charge is 0.182 e. The van der Waals surface area contributed by atoms with Gasteiger partial charge >= 0.3 is 0 Å². The number of imidazole rings is 1. The minimum Gasteiger partial charge on any atom is -0.330 e. The third kappa shape index (κ3) is 2.04. The standard InChI is InChI=1S/C14H9Cl2FN2S/c1-7-5-12-11(6-10(7)17)18-14(20)19(12)13-8(15)3-2-4-9(13)16/h2-6H,1H3,(H,18,20). The van der Waals surface area contributed by atoms with Gasteiger partial charge < -0.3 is 4.98 Å². The van der Waals surface area contributed by atoms with E-state index in [9.17, 15) is 4.39 Å². The van der Waals surface area contributed by atoms with Crippen LogP contribution in [0.1, 0.15) is 5.56 Å². The molecule has 2 nitrogen and oxygen atoms in total. The Balaban J connectivity index is 2.46. The van der Waals surface area contributed by atoms with E-state index in [1.54, 1.807) is 35.8 Å². The maximum atomic E-state index is 13.6. The van der Waals surface area contributed by atoms with Crippen molar-refractivity contribution in [2.24, 2.45) is 0 Å². The highest BCUT2D eigenvalue weighted by molar-refractivity contribution is 7.71. The van der Waals surface area contributed by atoms with Crippen molar-refractivity contribution < 1.29 is 4.39 Å². The number of halogens is 3. The molecule has 0 atom stereocenters. The summed E-state index contributed by atoms with van der Waals surface area (Å²) in [6, 6.07) is 8.37. The largest absolute Gasteiger partial charge is 0.330 e. The van der Waals surface area contributed by atoms with E-state index in [4.69, 9.17) is 35.4 Å². The van der Waals surface area contributed by atoms with Gasteiger partial charge in [-0.05, 0) is 49.0 Å². The molecule has 20 heavy (non-hydrogen) atoms. The molecule has 102 valence electrons. The van der Waals surface area contributed by atoms with Gasteiger partial charge in [-0.15, -0.1) is 0 Å². The van der Waals surface area contributed by atoms with E-state index in [0.29, 0.717) is 31.6 Å². The summed E-state index contributed by atoms with van der Waals surface area (Å²) in [6.07, 6.45) is 0. The maximum absolute atomic E-state index is 13.6. The molecule has 3 rings (SSSR count). The number of aryl methyl sites for hydroxylation is 1. The number of nitrogens with zero attached hydrogens (tertiary/aromatic N) is 1. The quantitative estimate of drug-likeness (QED) is 0.590. The van der Waals surface area contributed by atoms with Crippen LogP contribution in [-0.2, 0) is 0 Å². The van der Waals surface area contributed by atoms with Gasteiger partial charge in [-0.2, -0.15) is 0 Å². The molecule has 1 heterocycles. The highest BCUT2D eigenvalue weighted by Gasteiger charge is 2.14. The molecule has 0 amide bonds. The lowest BCUT2D eigenvalue weighted by molar-refractivity contribution is 0.620. The fraction of sp³-hybridized carbons (Fsp3) is 0.0714. The van der Waals surface area contributed by atoms with E-state index in [0.717, 1.165) is 5.52 Å². The molecule has 0 bridgehead atoms. The molecular weight excluding hydrogens is 318 g/mol. The molecule has 0 unspecified atom stereocenters. The number of H-pyrrole nitrogens is 1. The fourth-order valence-corrected chi connectivity index (χ4v) is 3.02. The monoisotopic (exact) mass is 326 g/mol. The van der Waals surface area contributed by atoms with Crippen LogP contribution in [0, 0.1) is 17.5 Å². The van der Waals surface area contributed by atoms with E-state index >= 15 is 0 Å². The second-order valence-electron chi connectivity index (χ2n) is 4.45. The van der Waals surface area contributed by atoms with E-state index in [1.807, 2.05) is 0 Å². The molecule has 2 aromatic carbocycles. The highest BCUT2D eigenvalue weighted by atomic mass is 35.5. The Bertz CT molecular complexity index is 862. The van der Waals surface area contributed by atoms with Gasteiger partial charge in [0.2, 0.25) is 0 Å². The third-order valence-corrected chi connectivity index (χ3v) is 4.02. The Hall–Kier alpha value is -1.36. The number of aromatic amines is 1. The number of benzene rings is 2. The Morgan fingerprint density at radius 3 is 2.50 bits per heavy atom. The lowest BCUT2D eigenvalue weighted by atomic mass is 10.2. The molecule has 0 radical (unpaired) electrons. The molecule has 0 fully saturated rings. The Morgan fingerprint density at radius 2 is 1.85 bits per heavy atom. The number of nitrogens with one attached hydrogen (secondary N) is 1. The summed E-state index contributed by atoms with van der Waals surface area (Å²) in [6.45, 7) is 1.70. The summed E-state index contributed by atoms with van der Waals surface area (Å²) in [7, 11) is 0. The van der Waals surface area contributed by atoms with Crippen LogP contribution in [0.25, 0.3) is 16.7 Å². The van der Waals surface area contributed by atoms with E-state index < -0.39 is 0 Å². The van der Waals surface area contributed by atoms with Crippen LogP contribution in [0.2, 0.25) is 10.0 Å². The van der Waals surface area contributed by atoms with Crippen LogP contribution < -0.4 is 0 Å². The summed E-state index contributed by atoms with van der Waals surface area (Å²) in [5.74, 6) is -0.286. The van der Waals surface area contributed by atoms with Crippen LogP contribution >= 0.6 is 35.4 Å². The number of para-hydroxylation sites is 1. The molecule has 0 saturated carbocycles. The summed E-state index contributed by atoms with van der Waals surface area (Å²) in [5, 5.41) is 0.966. The molecular formula is C14H9Cl2FN2S. The van der Waals surface area contributed by atoms with Gasteiger partial charge in [0.15, 0.2) is 4.77 Å². The number of aromatic nitrogens is 2. The zero-order valence-electron chi connectivity index (χ0n) is 10.4. The fourth-order valence-electron chi connectivity index (χ4n) is 2.16. The van der Waals surface area contributed by atoms with Crippen LogP contribution in [0.4, 0.5) is 4.39 Å². The average molecular weight is 327 g/mol. The van der Waals surface area contributed by atoms with Crippen molar-refractivity contribution in [3.05, 3.63) is 56.5 Å². The predicted molar refractivity (Wildman–Crippen MR) is 83.2 cm³/mol. The van der Waals surface area contributed by atoms with Crippen molar-refractivity contribution in [3.63, 3.8) is 0 Å². The topological polar surface area (TPSA) is 20.7 Å². The van der Waals surface area contributed by atoms with E-state index in [2.05, 4.69) is 4.98 Å². The van der Waals surface area contributed by atoms with Gasteiger partial charge in [0.05, 0.1) is 26.8 Å². The van der Waals surface area contributed by atoms with Crippen LogP contribution in [0.15, 0.2) is 30.3 Å². The molecule has 6 heteroatoms. The molecule has 0 aliphatic heterocycles. The number of hydrogen-bond donors (Lipinski definition) is 1. The first-order valence-corrected chi connectivity index (χ1v) is 7.00. The second-order valence-corrected chi connectivity index (χ2v) is 5.66. The zero-order valence-corrected chi connectivity index (χ0v) is 12.7. The molecule has 1 aromatic heterocycles. The van der Waals surface area contributed by atoms with Gasteiger partial charge in [0, 0.05) is 0 Å². The second kappa shape index (κ2) is 4.88. The molecule has 0 aliphatic carbocycles. The van der Waals surface area contributed by atoms with Crippen molar-refractivity contribution in [1.82, 2.24) is 9.55 Å². The van der Waals surface area contributed by atoms with Crippen molar-refractivity contribution in [1.29, 1.82) is 0 Å². The van der Waals surface area contributed by atoms with Gasteiger partial charge in [-0.3, -0.25) is 4.57 Å². The molecule has 0 spiro atoms. The molecule has 0 aliphatic rings. The normalized spacial score (nSPS) is 11.2. The van der Waals surface area contributed by atoms with Crippen LogP contribution in [-0.4, -0.2) is 9.55 Å². The van der Waals surface area contributed by atoms with Gasteiger partial charge in [0.25, 0.3) is 0 Å². The summed E-state index contributed by atoms with van der Waals surface area (Å²) in [5.41, 5.74) is 2.47. The van der Waals surface area contributed by atoms with Crippen molar-refractivity contribution in [2.75, 3.05) is 0 Å². The molecule has 1 N–H and O–H groups in total. The van der Waals surface area contributed by atoms with Crippen molar-refractivity contribution in [3.8, 4) is 5.69 Å². The van der Waals surface area contributed by atoms with Gasteiger partial charge in [-0.25, -0.2) is 4.39 Å². The Morgan fingerprint density at radius 1 is 1.20 bits per heavy atom. The SMILES string of the molecule is Cc1cc2c(cc1F)[nH]c(=S)n2-c1c(Cl)cccc1Cl. The molecule has 3 aromatic rings. The Kier molecular flexibility index (Phi) is 3.32. The van der Waals surface area contributed by atoms with Crippen molar-refractivity contribution >= 4 is 46.5 Å². The summed E-state index contributed by atoms with van der Waals surface area (Å²) >= 11 is 17.8. The maximum Gasteiger partial charge on any atom is 0.182 e. The lowest BCUT2D eigenvalue weighted by Gasteiger charge is -2.09. The predicted octanol–water partition coefficient (Wildman–Crippen LogP) is 5.44. The summed E-state index contributed by atoms with van der Waals surface area (Å²) < 4.78 is 15.8. The molecule has 0 saturated heterocycles. The number of hydrogen-bond acceptors (Lipinski definition) is 1. The first-order valence-electron chi connectivity index (χ1n) is 5.84.